The van der Waals surface area contributed by atoms with Crippen LogP contribution in [-0.4, -0.2) is 27.6 Å². The largest absolute Gasteiger partial charge is 0.508 e. The van der Waals surface area contributed by atoms with E-state index in [-0.39, 0.29) is 17.1 Å². The fourth-order valence-electron chi connectivity index (χ4n) is 1.19. The molecule has 0 aliphatic heterocycles. The molecule has 0 spiro atoms. The van der Waals surface area contributed by atoms with E-state index in [1.807, 2.05) is 0 Å². The van der Waals surface area contributed by atoms with Crippen LogP contribution in [0.5, 0.6) is 11.5 Å². The Balaban J connectivity index is 0.000000191. The molecule has 0 heterocycles. The highest BCUT2D eigenvalue weighted by Crippen LogP contribution is 2.11. The van der Waals surface area contributed by atoms with E-state index in [0.29, 0.717) is 11.8 Å². The Morgan fingerprint density at radius 2 is 1.53 bits per heavy atom. The zero-order valence-electron chi connectivity index (χ0n) is 9.85. The second-order valence-corrected chi connectivity index (χ2v) is 3.53. The van der Waals surface area contributed by atoms with Gasteiger partial charge in [0, 0.05) is 0 Å². The summed E-state index contributed by atoms with van der Waals surface area (Å²) in [5.74, 6) is -0.877. The van der Waals surface area contributed by atoms with Crippen molar-refractivity contribution in [1.82, 2.24) is 0 Å². The van der Waals surface area contributed by atoms with Crippen molar-refractivity contribution in [3.63, 3.8) is 0 Å². The summed E-state index contributed by atoms with van der Waals surface area (Å²) in [6, 6.07) is 11.8. The third-order valence-electron chi connectivity index (χ3n) is 2.18. The van der Waals surface area contributed by atoms with Crippen molar-refractivity contribution in [1.29, 1.82) is 0 Å². The van der Waals surface area contributed by atoms with Gasteiger partial charge in [0.25, 0.3) is 0 Å². The molecule has 0 saturated heterocycles. The molecule has 5 nitrogen and oxygen atoms in total. The fraction of sp³-hybridized carbons (Fsp3) is 0. The maximum Gasteiger partial charge on any atom is 0.335 e. The van der Waals surface area contributed by atoms with Gasteiger partial charge in [-0.1, -0.05) is 12.1 Å². The van der Waals surface area contributed by atoms with Gasteiger partial charge in [0.05, 0.1) is 11.1 Å². The first kappa shape index (κ1) is 14.2. The number of carboxylic acids is 1. The molecular formula is C14H12O5. The van der Waals surface area contributed by atoms with Crippen LogP contribution >= 0.6 is 0 Å². The number of phenolic OH excluding ortho intramolecular Hbond substituents is 2. The maximum absolute atomic E-state index is 10.2. The molecule has 0 saturated carbocycles. The van der Waals surface area contributed by atoms with E-state index in [1.54, 1.807) is 18.2 Å². The predicted octanol–water partition coefficient (Wildman–Crippen LogP) is 2.30. The van der Waals surface area contributed by atoms with Gasteiger partial charge >= 0.3 is 5.97 Å². The molecule has 2 aromatic rings. The van der Waals surface area contributed by atoms with Crippen LogP contribution in [0, 0.1) is 0 Å². The Morgan fingerprint density at radius 3 is 1.95 bits per heavy atom. The quantitative estimate of drug-likeness (QED) is 0.720. The van der Waals surface area contributed by atoms with Crippen LogP contribution in [0.15, 0.2) is 48.5 Å². The number of aromatic carboxylic acids is 1. The van der Waals surface area contributed by atoms with Gasteiger partial charge in [-0.3, -0.25) is 4.79 Å². The van der Waals surface area contributed by atoms with Gasteiger partial charge in [-0.2, -0.15) is 0 Å². The van der Waals surface area contributed by atoms with Gasteiger partial charge in [0.15, 0.2) is 6.29 Å². The molecule has 2 rings (SSSR count). The number of hydrogen-bond acceptors (Lipinski definition) is 4. The standard InChI is InChI=1S/C7H6O3.C7H6O2/c8-6-3-1-5(2-4-6)7(9)10;8-5-6-3-1-2-4-7(6)9/h1-4,8H,(H,9,10);1-5,9H. The summed E-state index contributed by atoms with van der Waals surface area (Å²) in [6.07, 6.45) is 0.620. The summed E-state index contributed by atoms with van der Waals surface area (Å²) in [5, 5.41) is 26.0. The van der Waals surface area contributed by atoms with Crippen LogP contribution in [0.1, 0.15) is 20.7 Å². The molecule has 98 valence electrons. The second kappa shape index (κ2) is 6.80. The maximum atomic E-state index is 10.2. The normalized spacial score (nSPS) is 9.05. The average molecular weight is 260 g/mol. The smallest absolute Gasteiger partial charge is 0.335 e. The van der Waals surface area contributed by atoms with Crippen molar-refractivity contribution in [2.75, 3.05) is 0 Å². The van der Waals surface area contributed by atoms with Crippen molar-refractivity contribution in [2.24, 2.45) is 0 Å². The van der Waals surface area contributed by atoms with Gasteiger partial charge in [-0.25, -0.2) is 4.79 Å². The summed E-state index contributed by atoms with van der Waals surface area (Å²) < 4.78 is 0. The van der Waals surface area contributed by atoms with E-state index in [1.165, 1.54) is 30.3 Å². The number of rotatable bonds is 2. The number of aldehydes is 1. The second-order valence-electron chi connectivity index (χ2n) is 3.53. The van der Waals surface area contributed by atoms with Crippen LogP contribution in [0.2, 0.25) is 0 Å². The van der Waals surface area contributed by atoms with Crippen molar-refractivity contribution in [2.45, 2.75) is 0 Å². The first-order valence-corrected chi connectivity index (χ1v) is 5.30. The van der Waals surface area contributed by atoms with Crippen molar-refractivity contribution < 1.29 is 24.9 Å². The Labute approximate surface area is 109 Å². The average Bonchev–Trinajstić information content (AvgIpc) is 2.40. The number of carboxylic acid groups (broad SMARTS) is 1. The molecule has 0 bridgehead atoms. The van der Waals surface area contributed by atoms with Gasteiger partial charge in [-0.05, 0) is 36.4 Å². The van der Waals surface area contributed by atoms with E-state index < -0.39 is 5.97 Å². The minimum Gasteiger partial charge on any atom is -0.508 e. The number of carbonyl (C=O) groups is 2. The Hall–Kier alpha value is -2.82. The summed E-state index contributed by atoms with van der Waals surface area (Å²) in [5.41, 5.74) is 0.510. The van der Waals surface area contributed by atoms with Crippen LogP contribution in [0.25, 0.3) is 0 Å². The number of benzene rings is 2. The molecule has 0 aromatic heterocycles. The summed E-state index contributed by atoms with van der Waals surface area (Å²) in [7, 11) is 0. The van der Waals surface area contributed by atoms with Gasteiger partial charge < -0.3 is 15.3 Å². The minimum atomic E-state index is -0.986. The lowest BCUT2D eigenvalue weighted by molar-refractivity contribution is 0.0696. The van der Waals surface area contributed by atoms with Crippen LogP contribution in [0.4, 0.5) is 0 Å². The van der Waals surface area contributed by atoms with Crippen molar-refractivity contribution in [3.8, 4) is 11.5 Å². The molecule has 19 heavy (non-hydrogen) atoms. The van der Waals surface area contributed by atoms with Crippen LogP contribution in [0.3, 0.4) is 0 Å². The number of para-hydroxylation sites is 1. The molecule has 0 amide bonds. The van der Waals surface area contributed by atoms with Crippen molar-refractivity contribution in [3.05, 3.63) is 59.7 Å². The van der Waals surface area contributed by atoms with Crippen LogP contribution in [-0.2, 0) is 0 Å². The SMILES string of the molecule is O=C(O)c1ccc(O)cc1.O=Cc1ccccc1O. The zero-order valence-corrected chi connectivity index (χ0v) is 9.85. The molecule has 0 aliphatic carbocycles. The Kier molecular flexibility index (Phi) is 5.10. The van der Waals surface area contributed by atoms with E-state index in [9.17, 15) is 9.59 Å². The van der Waals surface area contributed by atoms with E-state index >= 15 is 0 Å². The van der Waals surface area contributed by atoms with E-state index in [2.05, 4.69) is 0 Å². The van der Waals surface area contributed by atoms with Gasteiger partial charge in [-0.15, -0.1) is 0 Å². The third kappa shape index (κ3) is 4.51. The predicted molar refractivity (Wildman–Crippen MR) is 68.6 cm³/mol. The van der Waals surface area contributed by atoms with E-state index in [0.717, 1.165) is 0 Å². The number of hydrogen-bond donors (Lipinski definition) is 3. The summed E-state index contributed by atoms with van der Waals surface area (Å²) in [4.78, 5) is 20.3. The lowest BCUT2D eigenvalue weighted by atomic mass is 10.2. The fourth-order valence-corrected chi connectivity index (χ4v) is 1.19. The molecule has 3 N–H and O–H groups in total. The van der Waals surface area contributed by atoms with Gasteiger partial charge in [0.1, 0.15) is 11.5 Å². The monoisotopic (exact) mass is 260 g/mol. The molecule has 0 aliphatic rings. The first-order valence-electron chi connectivity index (χ1n) is 5.30. The topological polar surface area (TPSA) is 94.8 Å². The number of carbonyl (C=O) groups excluding carboxylic acids is 1. The highest BCUT2D eigenvalue weighted by molar-refractivity contribution is 5.87. The number of phenols is 2. The molecule has 2 aromatic carbocycles. The molecule has 5 heteroatoms. The van der Waals surface area contributed by atoms with Crippen molar-refractivity contribution >= 4 is 12.3 Å². The lowest BCUT2D eigenvalue weighted by Crippen LogP contribution is -1.93. The Bertz CT molecular complexity index is 560. The molecule has 0 unspecified atom stereocenters. The Morgan fingerprint density at radius 1 is 0.947 bits per heavy atom. The molecule has 0 radical (unpaired) electrons. The highest BCUT2D eigenvalue weighted by Gasteiger charge is 1.99. The molecule has 0 atom stereocenters. The third-order valence-corrected chi connectivity index (χ3v) is 2.18. The summed E-state index contributed by atoms with van der Waals surface area (Å²) >= 11 is 0. The lowest BCUT2D eigenvalue weighted by Gasteiger charge is -1.92. The molecular weight excluding hydrogens is 248 g/mol. The van der Waals surface area contributed by atoms with E-state index in [4.69, 9.17) is 15.3 Å². The highest BCUT2D eigenvalue weighted by atomic mass is 16.4. The van der Waals surface area contributed by atoms with Crippen LogP contribution < -0.4 is 0 Å². The zero-order chi connectivity index (χ0) is 14.3. The van der Waals surface area contributed by atoms with Gasteiger partial charge in [0.2, 0.25) is 0 Å². The molecule has 0 fully saturated rings. The summed E-state index contributed by atoms with van der Waals surface area (Å²) in [6.45, 7) is 0. The minimum absolute atomic E-state index is 0.0347. The first-order chi connectivity index (χ1) is 9.04. The number of aromatic hydroxyl groups is 2.